The molecule has 4 aromatic rings. The molecule has 1 saturated heterocycles. The van der Waals surface area contributed by atoms with Gasteiger partial charge in [-0.1, -0.05) is 48.5 Å². The Morgan fingerprint density at radius 1 is 0.958 bits per heavy atom. The zero-order valence-electron chi connectivity index (χ0n) is 28.2. The SMILES string of the molecule is CCc1cc(N2C[C@@H](C)N(C(=O)OCC3c4ccccc4-c4ccccc43)[C@@H](C)C2)ccc1Nc1ncc(C(F)(F)F)[c]([Sn]([CH3])([CH3])[CH3])n1. The molecule has 6 rings (SSSR count). The number of carbonyl (C=O) groups is 1. The number of benzene rings is 3. The number of aromatic nitrogens is 2. The maximum atomic E-state index is 13.7. The van der Waals surface area contributed by atoms with E-state index in [0.717, 1.165) is 23.1 Å². The monoisotopic (exact) mass is 765 g/mol. The van der Waals surface area contributed by atoms with E-state index in [1.165, 1.54) is 22.3 Å². The number of fused-ring (bicyclic) bond motifs is 3. The molecular formula is C37H42F3N5O2Sn. The van der Waals surface area contributed by atoms with Crippen molar-refractivity contribution in [1.29, 1.82) is 0 Å². The number of rotatable bonds is 7. The summed E-state index contributed by atoms with van der Waals surface area (Å²) in [6.45, 7) is 7.67. The number of nitrogens with one attached hydrogen (secondary N) is 1. The summed E-state index contributed by atoms with van der Waals surface area (Å²) in [5.41, 5.74) is 6.80. The van der Waals surface area contributed by atoms with Crippen molar-refractivity contribution < 1.29 is 22.7 Å². The molecule has 1 N–H and O–H groups in total. The van der Waals surface area contributed by atoms with Crippen LogP contribution in [0, 0.1) is 0 Å². The second-order valence-corrected chi connectivity index (χ2v) is 28.0. The van der Waals surface area contributed by atoms with E-state index >= 15 is 0 Å². The number of hydrogen-bond acceptors (Lipinski definition) is 6. The van der Waals surface area contributed by atoms with E-state index in [1.807, 2.05) is 76.9 Å². The van der Waals surface area contributed by atoms with Gasteiger partial charge in [0.05, 0.1) is 0 Å². The molecule has 11 heteroatoms. The number of alkyl halides is 3. The van der Waals surface area contributed by atoms with Gasteiger partial charge in [-0.2, -0.15) is 0 Å². The van der Waals surface area contributed by atoms with Crippen LogP contribution in [-0.2, 0) is 17.3 Å². The fourth-order valence-electron chi connectivity index (χ4n) is 7.09. The first-order valence-corrected chi connectivity index (χ1v) is 26.5. The van der Waals surface area contributed by atoms with Crippen molar-refractivity contribution >= 4 is 45.5 Å². The Bertz CT molecular complexity index is 1770. The van der Waals surface area contributed by atoms with Gasteiger partial charge >= 0.3 is 193 Å². The van der Waals surface area contributed by atoms with Crippen molar-refractivity contribution in [2.24, 2.45) is 0 Å². The molecule has 7 nitrogen and oxygen atoms in total. The van der Waals surface area contributed by atoms with Gasteiger partial charge in [0.1, 0.15) is 6.61 Å². The predicted molar refractivity (Wildman–Crippen MR) is 187 cm³/mol. The van der Waals surface area contributed by atoms with Gasteiger partial charge in [0.2, 0.25) is 0 Å². The Hall–Kier alpha value is -3.80. The van der Waals surface area contributed by atoms with E-state index in [0.29, 0.717) is 19.5 Å². The Morgan fingerprint density at radius 2 is 1.56 bits per heavy atom. The fourth-order valence-corrected chi connectivity index (χ4v) is 11.2. The van der Waals surface area contributed by atoms with Crippen LogP contribution in [0.15, 0.2) is 72.9 Å². The summed E-state index contributed by atoms with van der Waals surface area (Å²) in [6, 6.07) is 22.5. The third-order valence-electron chi connectivity index (χ3n) is 9.35. The first kappa shape index (κ1) is 34.1. The number of ether oxygens (including phenoxy) is 1. The van der Waals surface area contributed by atoms with Crippen LogP contribution in [0.25, 0.3) is 11.1 Å². The molecule has 0 spiro atoms. The Balaban J connectivity index is 1.14. The second kappa shape index (κ2) is 13.2. The number of carbonyl (C=O) groups excluding carboxylic acids is 1. The van der Waals surface area contributed by atoms with Crippen molar-refractivity contribution in [2.75, 3.05) is 29.9 Å². The number of halogens is 3. The minimum atomic E-state index is -4.49. The van der Waals surface area contributed by atoms with Crippen LogP contribution in [0.3, 0.4) is 0 Å². The van der Waals surface area contributed by atoms with Crippen molar-refractivity contribution in [1.82, 2.24) is 14.9 Å². The van der Waals surface area contributed by atoms with Crippen LogP contribution in [-0.4, -0.2) is 71.1 Å². The molecule has 2 aliphatic rings. The van der Waals surface area contributed by atoms with Gasteiger partial charge in [-0.05, 0) is 22.3 Å². The van der Waals surface area contributed by atoms with Gasteiger partial charge in [0.25, 0.3) is 0 Å². The average molecular weight is 764 g/mol. The normalized spacial score (nSPS) is 18.0. The topological polar surface area (TPSA) is 70.6 Å². The van der Waals surface area contributed by atoms with Gasteiger partial charge in [-0.25, -0.2) is 4.79 Å². The summed E-state index contributed by atoms with van der Waals surface area (Å²) in [4.78, 5) is 31.8. The summed E-state index contributed by atoms with van der Waals surface area (Å²) in [6.07, 6.45) is -3.18. The molecule has 1 aromatic heterocycles. The molecule has 1 aliphatic heterocycles. The number of amides is 1. The number of aryl methyl sites for hydroxylation is 1. The van der Waals surface area contributed by atoms with Crippen LogP contribution in [0.1, 0.15) is 48.9 Å². The van der Waals surface area contributed by atoms with Crippen molar-refractivity contribution in [3.63, 3.8) is 0 Å². The summed E-state index contributed by atoms with van der Waals surface area (Å²) in [5, 5.41) is 3.19. The van der Waals surface area contributed by atoms with E-state index in [1.54, 1.807) is 0 Å². The molecule has 2 atom stereocenters. The van der Waals surface area contributed by atoms with Crippen LogP contribution in [0.4, 0.5) is 35.3 Å². The zero-order valence-corrected chi connectivity index (χ0v) is 31.1. The molecule has 0 radical (unpaired) electrons. The summed E-state index contributed by atoms with van der Waals surface area (Å²) in [5.74, 6) is 0.176. The number of hydrogen-bond donors (Lipinski definition) is 1. The van der Waals surface area contributed by atoms with E-state index in [-0.39, 0.29) is 40.4 Å². The van der Waals surface area contributed by atoms with Gasteiger partial charge in [-0.15, -0.1) is 0 Å². The Kier molecular flexibility index (Phi) is 9.41. The molecule has 0 unspecified atom stereocenters. The van der Waals surface area contributed by atoms with Crippen molar-refractivity contribution in [3.05, 3.63) is 95.2 Å². The van der Waals surface area contributed by atoms with Gasteiger partial charge in [-0.3, -0.25) is 0 Å². The van der Waals surface area contributed by atoms with Gasteiger partial charge in [0.15, 0.2) is 0 Å². The average Bonchev–Trinajstić information content (AvgIpc) is 3.36. The molecule has 3 aromatic carbocycles. The number of anilines is 3. The van der Waals surface area contributed by atoms with Crippen molar-refractivity contribution in [2.45, 2.75) is 66.2 Å². The van der Waals surface area contributed by atoms with E-state index in [4.69, 9.17) is 4.74 Å². The molecular weight excluding hydrogens is 722 g/mol. The molecule has 0 bridgehead atoms. The standard InChI is InChI=1S/C34H33F3N5O2.3CH3.Sn/c1-4-23-15-25(13-14-31(23)40-32-38-16-24(17-39-32)34(35,36)37)41-18-21(2)42(22(3)19-41)33(43)44-20-30-28-11-7-5-9-26(28)27-10-6-8-12-29(27)30;;;;/h5-16,21-22,30H,4,18-20H2,1-3H3,(H,38,39,40);3*1H3;/t21-,22+;;;;. The molecule has 252 valence electrons. The van der Waals surface area contributed by atoms with Crippen LogP contribution < -0.4 is 13.9 Å². The number of piperazine rings is 1. The third kappa shape index (κ3) is 6.73. The number of nitrogens with zero attached hydrogens (tertiary/aromatic N) is 4. The zero-order chi connectivity index (χ0) is 34.4. The van der Waals surface area contributed by atoms with Crippen molar-refractivity contribution in [3.8, 4) is 11.1 Å². The maximum absolute atomic E-state index is 13.7. The summed E-state index contributed by atoms with van der Waals surface area (Å²) >= 11 is -3.23. The summed E-state index contributed by atoms with van der Waals surface area (Å²) < 4.78 is 47.3. The van der Waals surface area contributed by atoms with Crippen LogP contribution in [0.2, 0.25) is 14.8 Å². The fraction of sp³-hybridized carbons (Fsp3) is 0.378. The van der Waals surface area contributed by atoms with Crippen LogP contribution in [0.5, 0.6) is 0 Å². The molecule has 2 heterocycles. The van der Waals surface area contributed by atoms with Crippen LogP contribution >= 0.6 is 0 Å². The molecule has 1 aliphatic carbocycles. The Labute approximate surface area is 284 Å². The van der Waals surface area contributed by atoms with E-state index in [9.17, 15) is 18.0 Å². The first-order chi connectivity index (χ1) is 22.8. The van der Waals surface area contributed by atoms with Gasteiger partial charge < -0.3 is 4.74 Å². The van der Waals surface area contributed by atoms with Gasteiger partial charge in [0, 0.05) is 5.92 Å². The quantitative estimate of drug-likeness (QED) is 0.192. The van der Waals surface area contributed by atoms with E-state index in [2.05, 4.69) is 50.5 Å². The molecule has 1 amide bonds. The third-order valence-corrected chi connectivity index (χ3v) is 14.5. The summed E-state index contributed by atoms with van der Waals surface area (Å²) in [7, 11) is 0. The minimum absolute atomic E-state index is 0.00371. The van der Waals surface area contributed by atoms with E-state index < -0.39 is 30.1 Å². The first-order valence-electron chi connectivity index (χ1n) is 16.5. The Morgan fingerprint density at radius 3 is 2.12 bits per heavy atom. The second-order valence-electron chi connectivity index (χ2n) is 13.8. The predicted octanol–water partition coefficient (Wildman–Crippen LogP) is 8.19. The molecule has 0 saturated carbocycles. The molecule has 48 heavy (non-hydrogen) atoms. The molecule has 1 fully saturated rings.